The molecule has 0 aromatic heterocycles. The Balaban J connectivity index is 2.26. The summed E-state index contributed by atoms with van der Waals surface area (Å²) in [7, 11) is 2.11. The van der Waals surface area contributed by atoms with E-state index in [0.29, 0.717) is 6.04 Å². The van der Waals surface area contributed by atoms with Crippen LogP contribution in [0.5, 0.6) is 0 Å². The van der Waals surface area contributed by atoms with Crippen LogP contribution in [0.2, 0.25) is 0 Å². The molecule has 1 heterocycles. The molecule has 0 saturated carbocycles. The van der Waals surface area contributed by atoms with E-state index in [1.165, 1.54) is 0 Å². The van der Waals surface area contributed by atoms with E-state index in [9.17, 15) is 0 Å². The summed E-state index contributed by atoms with van der Waals surface area (Å²) in [5, 5.41) is 12.1. The summed E-state index contributed by atoms with van der Waals surface area (Å²) in [5.74, 6) is 0. The van der Waals surface area contributed by atoms with Gasteiger partial charge in [0.2, 0.25) is 0 Å². The Hall–Kier alpha value is -0.120. The zero-order valence-corrected chi connectivity index (χ0v) is 6.51. The van der Waals surface area contributed by atoms with E-state index in [0.717, 1.165) is 26.1 Å². The predicted molar refractivity (Wildman–Crippen MR) is 41.0 cm³/mol. The molecule has 1 aliphatic rings. The molecule has 2 N–H and O–H groups in total. The number of hydrogen-bond donors (Lipinski definition) is 2. The highest BCUT2D eigenvalue weighted by Crippen LogP contribution is 1.97. The number of aliphatic hydroxyl groups is 1. The smallest absolute Gasteiger partial charge is 0.0585 e. The Morgan fingerprint density at radius 2 is 2.40 bits per heavy atom. The maximum Gasteiger partial charge on any atom is 0.0585 e. The SMILES string of the molecule is CN1CCNC(CO)CC1. The quantitative estimate of drug-likeness (QED) is 0.509. The summed E-state index contributed by atoms with van der Waals surface area (Å²) in [6, 6.07) is 0.324. The van der Waals surface area contributed by atoms with Crippen LogP contribution < -0.4 is 5.32 Å². The van der Waals surface area contributed by atoms with Crippen molar-refractivity contribution < 1.29 is 5.11 Å². The average molecular weight is 144 g/mol. The summed E-state index contributed by atoms with van der Waals surface area (Å²) < 4.78 is 0. The molecule has 0 radical (unpaired) electrons. The highest BCUT2D eigenvalue weighted by atomic mass is 16.3. The second kappa shape index (κ2) is 3.91. The molecular weight excluding hydrogens is 128 g/mol. The topological polar surface area (TPSA) is 35.5 Å². The van der Waals surface area contributed by atoms with Crippen molar-refractivity contribution in [2.75, 3.05) is 33.3 Å². The van der Waals surface area contributed by atoms with E-state index in [-0.39, 0.29) is 6.61 Å². The van der Waals surface area contributed by atoms with Gasteiger partial charge in [-0.15, -0.1) is 0 Å². The first-order chi connectivity index (χ1) is 4.83. The van der Waals surface area contributed by atoms with Crippen LogP contribution >= 0.6 is 0 Å². The van der Waals surface area contributed by atoms with Crippen LogP contribution in [-0.2, 0) is 0 Å². The van der Waals surface area contributed by atoms with Gasteiger partial charge in [-0.05, 0) is 20.0 Å². The Morgan fingerprint density at radius 3 is 3.10 bits per heavy atom. The summed E-state index contributed by atoms with van der Waals surface area (Å²) >= 11 is 0. The normalized spacial score (nSPS) is 30.0. The molecule has 0 spiro atoms. The number of rotatable bonds is 1. The van der Waals surface area contributed by atoms with Crippen molar-refractivity contribution in [2.45, 2.75) is 12.5 Å². The zero-order chi connectivity index (χ0) is 7.40. The third-order valence-corrected chi connectivity index (χ3v) is 2.01. The molecule has 3 nitrogen and oxygen atoms in total. The van der Waals surface area contributed by atoms with Gasteiger partial charge in [-0.2, -0.15) is 0 Å². The van der Waals surface area contributed by atoms with Crippen LogP contribution in [0.25, 0.3) is 0 Å². The minimum absolute atomic E-state index is 0.272. The van der Waals surface area contributed by atoms with Gasteiger partial charge in [0.1, 0.15) is 0 Å². The third kappa shape index (κ3) is 2.25. The van der Waals surface area contributed by atoms with Gasteiger partial charge in [0.15, 0.2) is 0 Å². The van der Waals surface area contributed by atoms with E-state index in [1.807, 2.05) is 0 Å². The lowest BCUT2D eigenvalue weighted by molar-refractivity contribution is 0.239. The molecule has 0 amide bonds. The van der Waals surface area contributed by atoms with E-state index in [1.54, 1.807) is 0 Å². The third-order valence-electron chi connectivity index (χ3n) is 2.01. The van der Waals surface area contributed by atoms with Crippen molar-refractivity contribution in [1.29, 1.82) is 0 Å². The highest BCUT2D eigenvalue weighted by molar-refractivity contribution is 4.72. The molecule has 60 valence electrons. The van der Waals surface area contributed by atoms with Crippen molar-refractivity contribution in [1.82, 2.24) is 10.2 Å². The molecule has 0 aliphatic carbocycles. The molecule has 0 aromatic rings. The van der Waals surface area contributed by atoms with Gasteiger partial charge in [0.25, 0.3) is 0 Å². The van der Waals surface area contributed by atoms with E-state index >= 15 is 0 Å². The fraction of sp³-hybridized carbons (Fsp3) is 1.00. The van der Waals surface area contributed by atoms with Gasteiger partial charge in [0, 0.05) is 19.1 Å². The first kappa shape index (κ1) is 7.98. The minimum atomic E-state index is 0.272. The van der Waals surface area contributed by atoms with Crippen molar-refractivity contribution in [3.05, 3.63) is 0 Å². The van der Waals surface area contributed by atoms with E-state index in [2.05, 4.69) is 17.3 Å². The van der Waals surface area contributed by atoms with Crippen LogP contribution in [0.4, 0.5) is 0 Å². The lowest BCUT2D eigenvalue weighted by Gasteiger charge is -2.11. The molecule has 1 unspecified atom stereocenters. The van der Waals surface area contributed by atoms with Crippen LogP contribution in [0, 0.1) is 0 Å². The second-order valence-corrected chi connectivity index (χ2v) is 2.93. The molecule has 1 atom stereocenters. The van der Waals surface area contributed by atoms with Crippen LogP contribution in [0.15, 0.2) is 0 Å². The molecule has 10 heavy (non-hydrogen) atoms. The first-order valence-electron chi connectivity index (χ1n) is 3.85. The average Bonchev–Trinajstić information content (AvgIpc) is 2.14. The van der Waals surface area contributed by atoms with Crippen molar-refractivity contribution >= 4 is 0 Å². The Bertz CT molecular complexity index is 97.6. The summed E-state index contributed by atoms with van der Waals surface area (Å²) in [4.78, 5) is 2.28. The van der Waals surface area contributed by atoms with Crippen molar-refractivity contribution in [2.24, 2.45) is 0 Å². The number of nitrogens with zero attached hydrogens (tertiary/aromatic N) is 1. The largest absolute Gasteiger partial charge is 0.395 e. The number of aliphatic hydroxyl groups excluding tert-OH is 1. The lowest BCUT2D eigenvalue weighted by Crippen LogP contribution is -2.32. The molecule has 0 aromatic carbocycles. The van der Waals surface area contributed by atoms with E-state index in [4.69, 9.17) is 5.11 Å². The first-order valence-corrected chi connectivity index (χ1v) is 3.85. The fourth-order valence-electron chi connectivity index (χ4n) is 1.21. The Kier molecular flexibility index (Phi) is 3.12. The number of nitrogens with one attached hydrogen (secondary N) is 1. The van der Waals surface area contributed by atoms with Gasteiger partial charge in [-0.3, -0.25) is 0 Å². The van der Waals surface area contributed by atoms with Gasteiger partial charge >= 0.3 is 0 Å². The highest BCUT2D eigenvalue weighted by Gasteiger charge is 2.11. The number of likely N-dealkylation sites (N-methyl/N-ethyl adjacent to an activating group) is 1. The van der Waals surface area contributed by atoms with Crippen molar-refractivity contribution in [3.63, 3.8) is 0 Å². The maximum absolute atomic E-state index is 8.82. The predicted octanol–water partition coefficient (Wildman–Crippen LogP) is -0.728. The molecule has 1 rings (SSSR count). The molecule has 3 heteroatoms. The molecule has 1 fully saturated rings. The summed E-state index contributed by atoms with van der Waals surface area (Å²) in [6.07, 6.45) is 1.06. The van der Waals surface area contributed by atoms with Gasteiger partial charge in [0.05, 0.1) is 6.61 Å². The second-order valence-electron chi connectivity index (χ2n) is 2.93. The molecule has 1 aliphatic heterocycles. The minimum Gasteiger partial charge on any atom is -0.395 e. The Morgan fingerprint density at radius 1 is 1.60 bits per heavy atom. The summed E-state index contributed by atoms with van der Waals surface area (Å²) in [6.45, 7) is 3.46. The molecular formula is C7H16N2O. The maximum atomic E-state index is 8.82. The lowest BCUT2D eigenvalue weighted by atomic mass is 10.2. The standard InChI is InChI=1S/C7H16N2O/c1-9-4-2-7(6-10)8-3-5-9/h7-8,10H,2-6H2,1H3. The summed E-state index contributed by atoms with van der Waals surface area (Å²) in [5.41, 5.74) is 0. The Labute approximate surface area is 62.0 Å². The van der Waals surface area contributed by atoms with Gasteiger partial charge in [-0.1, -0.05) is 0 Å². The van der Waals surface area contributed by atoms with Crippen molar-refractivity contribution in [3.8, 4) is 0 Å². The van der Waals surface area contributed by atoms with Gasteiger partial charge in [-0.25, -0.2) is 0 Å². The fourth-order valence-corrected chi connectivity index (χ4v) is 1.21. The zero-order valence-electron chi connectivity index (χ0n) is 6.51. The van der Waals surface area contributed by atoms with Gasteiger partial charge < -0.3 is 15.3 Å². The molecule has 1 saturated heterocycles. The number of hydrogen-bond acceptors (Lipinski definition) is 3. The van der Waals surface area contributed by atoms with Crippen LogP contribution in [0.3, 0.4) is 0 Å². The van der Waals surface area contributed by atoms with Crippen LogP contribution in [-0.4, -0.2) is 49.3 Å². The van der Waals surface area contributed by atoms with E-state index < -0.39 is 0 Å². The monoisotopic (exact) mass is 144 g/mol. The molecule has 0 bridgehead atoms. The van der Waals surface area contributed by atoms with Crippen LogP contribution in [0.1, 0.15) is 6.42 Å².